The lowest BCUT2D eigenvalue weighted by Gasteiger charge is -2.22. The summed E-state index contributed by atoms with van der Waals surface area (Å²) in [5.74, 6) is -0.291. The van der Waals surface area contributed by atoms with E-state index in [1.165, 1.54) is 12.1 Å². The minimum absolute atomic E-state index is 0.0836. The zero-order valence-electron chi connectivity index (χ0n) is 11.2. The molecular weight excluding hydrogens is 280 g/mol. The second kappa shape index (κ2) is 5.90. The van der Waals surface area contributed by atoms with Crippen molar-refractivity contribution in [1.29, 1.82) is 0 Å². The third-order valence-corrected chi connectivity index (χ3v) is 4.74. The molecule has 0 aliphatic carbocycles. The Hall–Kier alpha value is -1.44. The van der Waals surface area contributed by atoms with E-state index < -0.39 is 22.2 Å². The largest absolute Gasteiger partial charge is 0.389 e. The van der Waals surface area contributed by atoms with Gasteiger partial charge in [0.1, 0.15) is 6.04 Å². The van der Waals surface area contributed by atoms with Crippen molar-refractivity contribution in [3.8, 4) is 0 Å². The zero-order valence-corrected chi connectivity index (χ0v) is 12.0. The highest BCUT2D eigenvalue weighted by Gasteiger charge is 2.27. The van der Waals surface area contributed by atoms with Gasteiger partial charge in [-0.05, 0) is 37.5 Å². The standard InChI is InChI=1S/C13H18N2O4S/c1-9(16)10-4-6-11(7-5-10)20(18,19)15-12-3-2-8-14-13(12)17/h4-7,9,12,15-16H,2-3,8H2,1H3,(H,14,17). The summed E-state index contributed by atoms with van der Waals surface area (Å²) in [6.45, 7) is 2.19. The number of sulfonamides is 1. The Morgan fingerprint density at radius 1 is 1.35 bits per heavy atom. The summed E-state index contributed by atoms with van der Waals surface area (Å²) in [6, 6.07) is 5.24. The fourth-order valence-corrected chi connectivity index (χ4v) is 3.30. The highest BCUT2D eigenvalue weighted by Crippen LogP contribution is 2.17. The first-order chi connectivity index (χ1) is 9.40. The number of rotatable bonds is 4. The van der Waals surface area contributed by atoms with Crippen molar-refractivity contribution in [2.24, 2.45) is 0 Å². The monoisotopic (exact) mass is 298 g/mol. The van der Waals surface area contributed by atoms with Crippen molar-refractivity contribution >= 4 is 15.9 Å². The lowest BCUT2D eigenvalue weighted by atomic mass is 10.1. The summed E-state index contributed by atoms with van der Waals surface area (Å²) >= 11 is 0. The van der Waals surface area contributed by atoms with E-state index in [2.05, 4.69) is 10.0 Å². The number of nitrogens with one attached hydrogen (secondary N) is 2. The van der Waals surface area contributed by atoms with E-state index in [-0.39, 0.29) is 10.8 Å². The van der Waals surface area contributed by atoms with Crippen LogP contribution in [0.1, 0.15) is 31.4 Å². The van der Waals surface area contributed by atoms with Crippen molar-refractivity contribution in [2.45, 2.75) is 36.8 Å². The first kappa shape index (κ1) is 15.0. The van der Waals surface area contributed by atoms with Gasteiger partial charge in [-0.2, -0.15) is 4.72 Å². The summed E-state index contributed by atoms with van der Waals surface area (Å²) in [7, 11) is -3.73. The Kier molecular flexibility index (Phi) is 4.42. The van der Waals surface area contributed by atoms with Crippen LogP contribution in [0.25, 0.3) is 0 Å². The van der Waals surface area contributed by atoms with Crippen molar-refractivity contribution in [1.82, 2.24) is 10.0 Å². The lowest BCUT2D eigenvalue weighted by Crippen LogP contribution is -2.50. The quantitative estimate of drug-likeness (QED) is 0.745. The number of aliphatic hydroxyl groups excluding tert-OH is 1. The molecule has 1 aliphatic rings. The molecule has 1 fully saturated rings. The van der Waals surface area contributed by atoms with Gasteiger partial charge in [-0.1, -0.05) is 12.1 Å². The second-order valence-electron chi connectivity index (χ2n) is 4.85. The fourth-order valence-electron chi connectivity index (χ4n) is 2.07. The van der Waals surface area contributed by atoms with Crippen LogP contribution in [-0.4, -0.2) is 32.0 Å². The number of hydrogen-bond acceptors (Lipinski definition) is 4. The molecule has 0 spiro atoms. The molecule has 2 unspecified atom stereocenters. The maximum absolute atomic E-state index is 12.2. The molecule has 1 heterocycles. The van der Waals surface area contributed by atoms with Crippen molar-refractivity contribution in [3.05, 3.63) is 29.8 Å². The second-order valence-corrected chi connectivity index (χ2v) is 6.57. The van der Waals surface area contributed by atoms with E-state index in [1.54, 1.807) is 19.1 Å². The minimum Gasteiger partial charge on any atom is -0.389 e. The Labute approximate surface area is 118 Å². The molecule has 0 saturated carbocycles. The van der Waals surface area contributed by atoms with Crippen LogP contribution >= 0.6 is 0 Å². The van der Waals surface area contributed by atoms with Gasteiger partial charge in [-0.3, -0.25) is 4.79 Å². The van der Waals surface area contributed by atoms with E-state index in [1.807, 2.05) is 0 Å². The molecule has 3 N–H and O–H groups in total. The molecule has 20 heavy (non-hydrogen) atoms. The number of hydrogen-bond donors (Lipinski definition) is 3. The van der Waals surface area contributed by atoms with Gasteiger partial charge in [0.25, 0.3) is 0 Å². The molecule has 2 rings (SSSR count). The third kappa shape index (κ3) is 3.36. The van der Waals surface area contributed by atoms with Gasteiger partial charge in [0.15, 0.2) is 0 Å². The van der Waals surface area contributed by atoms with Crippen LogP contribution in [0.2, 0.25) is 0 Å². The van der Waals surface area contributed by atoms with Crippen LogP contribution in [0.15, 0.2) is 29.2 Å². The average molecular weight is 298 g/mol. The van der Waals surface area contributed by atoms with Gasteiger partial charge in [-0.15, -0.1) is 0 Å². The first-order valence-corrected chi connectivity index (χ1v) is 7.96. The molecule has 0 radical (unpaired) electrons. The molecule has 110 valence electrons. The van der Waals surface area contributed by atoms with Gasteiger partial charge >= 0.3 is 0 Å². The molecule has 1 saturated heterocycles. The van der Waals surface area contributed by atoms with E-state index in [9.17, 15) is 18.3 Å². The Morgan fingerprint density at radius 2 is 2.00 bits per heavy atom. The van der Waals surface area contributed by atoms with E-state index in [4.69, 9.17) is 0 Å². The number of aliphatic hydroxyl groups is 1. The summed E-state index contributed by atoms with van der Waals surface area (Å²) in [5.41, 5.74) is 0.638. The van der Waals surface area contributed by atoms with Gasteiger partial charge in [0, 0.05) is 6.54 Å². The molecule has 0 aromatic heterocycles. The molecule has 1 amide bonds. The van der Waals surface area contributed by atoms with Crippen molar-refractivity contribution in [2.75, 3.05) is 6.54 Å². The average Bonchev–Trinajstić information content (AvgIpc) is 2.41. The first-order valence-electron chi connectivity index (χ1n) is 6.48. The smallest absolute Gasteiger partial charge is 0.241 e. The molecule has 1 aliphatic heterocycles. The predicted molar refractivity (Wildman–Crippen MR) is 73.4 cm³/mol. The van der Waals surface area contributed by atoms with Crippen LogP contribution in [0.5, 0.6) is 0 Å². The van der Waals surface area contributed by atoms with Crippen LogP contribution in [0.3, 0.4) is 0 Å². The third-order valence-electron chi connectivity index (χ3n) is 3.26. The normalized spacial score (nSPS) is 21.3. The van der Waals surface area contributed by atoms with E-state index in [0.29, 0.717) is 18.5 Å². The fraction of sp³-hybridized carbons (Fsp3) is 0.462. The van der Waals surface area contributed by atoms with Crippen LogP contribution in [-0.2, 0) is 14.8 Å². The maximum Gasteiger partial charge on any atom is 0.241 e. The maximum atomic E-state index is 12.2. The topological polar surface area (TPSA) is 95.5 Å². The van der Waals surface area contributed by atoms with Crippen LogP contribution in [0, 0.1) is 0 Å². The highest BCUT2D eigenvalue weighted by atomic mass is 32.2. The van der Waals surface area contributed by atoms with E-state index in [0.717, 1.165) is 6.42 Å². The summed E-state index contributed by atoms with van der Waals surface area (Å²) in [4.78, 5) is 11.7. The van der Waals surface area contributed by atoms with Gasteiger partial charge < -0.3 is 10.4 Å². The van der Waals surface area contributed by atoms with E-state index >= 15 is 0 Å². The minimum atomic E-state index is -3.73. The Morgan fingerprint density at radius 3 is 2.55 bits per heavy atom. The van der Waals surface area contributed by atoms with Gasteiger partial charge in [0.05, 0.1) is 11.0 Å². The number of piperidine rings is 1. The van der Waals surface area contributed by atoms with Gasteiger partial charge in [0.2, 0.25) is 15.9 Å². The molecule has 0 bridgehead atoms. The number of carbonyl (C=O) groups is 1. The molecule has 7 heteroatoms. The Bertz CT molecular complexity index is 581. The van der Waals surface area contributed by atoms with Gasteiger partial charge in [-0.25, -0.2) is 8.42 Å². The predicted octanol–water partition coefficient (Wildman–Crippen LogP) is 0.297. The number of carbonyl (C=O) groups excluding carboxylic acids is 1. The highest BCUT2D eigenvalue weighted by molar-refractivity contribution is 7.89. The lowest BCUT2D eigenvalue weighted by molar-refractivity contribution is -0.124. The van der Waals surface area contributed by atoms with Crippen molar-refractivity contribution < 1.29 is 18.3 Å². The summed E-state index contributed by atoms with van der Waals surface area (Å²) < 4.78 is 26.8. The van der Waals surface area contributed by atoms with Crippen LogP contribution < -0.4 is 10.0 Å². The number of amides is 1. The van der Waals surface area contributed by atoms with Crippen LogP contribution in [0.4, 0.5) is 0 Å². The molecular formula is C13H18N2O4S. The summed E-state index contributed by atoms with van der Waals surface area (Å²) in [6.07, 6.45) is 0.598. The summed E-state index contributed by atoms with van der Waals surface area (Å²) in [5, 5.41) is 12.0. The molecule has 6 nitrogen and oxygen atoms in total. The molecule has 2 atom stereocenters. The number of benzene rings is 1. The molecule has 1 aromatic carbocycles. The molecule has 1 aromatic rings. The zero-order chi connectivity index (χ0) is 14.8. The SMILES string of the molecule is CC(O)c1ccc(S(=O)(=O)NC2CCCNC2=O)cc1. The van der Waals surface area contributed by atoms with Crippen molar-refractivity contribution in [3.63, 3.8) is 0 Å². The Balaban J connectivity index is 2.15.